The molecule has 1 aliphatic heterocycles. The van der Waals surface area contributed by atoms with E-state index in [2.05, 4.69) is 12.3 Å². The molecule has 2 aromatic carbocycles. The van der Waals surface area contributed by atoms with Crippen LogP contribution in [0.2, 0.25) is 0 Å². The molecule has 0 bridgehead atoms. The van der Waals surface area contributed by atoms with E-state index >= 15 is 0 Å². The molecule has 4 heteroatoms. The average Bonchev–Trinajstić information content (AvgIpc) is 3.03. The molecule has 0 aliphatic carbocycles. The van der Waals surface area contributed by atoms with Crippen molar-refractivity contribution in [3.05, 3.63) is 71.5 Å². The fraction of sp³-hybridized carbons (Fsp3) is 0.200. The van der Waals surface area contributed by atoms with Crippen LogP contribution in [0.1, 0.15) is 29.7 Å². The third-order valence-corrected chi connectivity index (χ3v) is 3.80. The second kappa shape index (κ2) is 6.65. The molecular weight excluding hydrogens is 304 g/mol. The van der Waals surface area contributed by atoms with Gasteiger partial charge in [0.05, 0.1) is 0 Å². The van der Waals surface area contributed by atoms with Crippen LogP contribution in [0.25, 0.3) is 5.57 Å². The maximum Gasteiger partial charge on any atom is 0.303 e. The average molecular weight is 322 g/mol. The highest BCUT2D eigenvalue weighted by molar-refractivity contribution is 5.74. The summed E-state index contributed by atoms with van der Waals surface area (Å²) in [6, 6.07) is 13.4. The van der Waals surface area contributed by atoms with Crippen molar-refractivity contribution in [2.45, 2.75) is 20.0 Å². The summed E-state index contributed by atoms with van der Waals surface area (Å²) in [6.07, 6.45) is -0.614. The van der Waals surface area contributed by atoms with Gasteiger partial charge in [0.25, 0.3) is 0 Å². The van der Waals surface area contributed by atoms with Crippen molar-refractivity contribution < 1.29 is 19.0 Å². The molecule has 0 fully saturated rings. The lowest BCUT2D eigenvalue weighted by molar-refractivity contribution is -0.144. The van der Waals surface area contributed by atoms with Crippen LogP contribution in [0.3, 0.4) is 0 Å². The predicted molar refractivity (Wildman–Crippen MR) is 90.8 cm³/mol. The lowest BCUT2D eigenvalue weighted by atomic mass is 9.95. The number of esters is 1. The highest BCUT2D eigenvalue weighted by atomic mass is 16.7. The summed E-state index contributed by atoms with van der Waals surface area (Å²) in [4.78, 5) is 11.6. The molecule has 4 nitrogen and oxygen atoms in total. The van der Waals surface area contributed by atoms with E-state index < -0.39 is 6.10 Å². The van der Waals surface area contributed by atoms with Gasteiger partial charge >= 0.3 is 5.97 Å². The van der Waals surface area contributed by atoms with Crippen molar-refractivity contribution in [2.75, 3.05) is 6.79 Å². The van der Waals surface area contributed by atoms with Gasteiger partial charge in [0.2, 0.25) is 6.79 Å². The standard InChI is InChI=1S/C20H18O4/c1-4-17(15-7-5-13(2)6-8-15)20(24-14(3)21)16-9-10-18-19(11-16)23-12-22-18/h5-11,20H,1,12H2,2-3H3. The molecule has 1 aliphatic rings. The van der Waals surface area contributed by atoms with Crippen molar-refractivity contribution >= 4 is 11.5 Å². The summed E-state index contributed by atoms with van der Waals surface area (Å²) in [5.41, 5.74) is 6.45. The summed E-state index contributed by atoms with van der Waals surface area (Å²) >= 11 is 0. The van der Waals surface area contributed by atoms with Gasteiger partial charge in [-0.15, -0.1) is 5.73 Å². The Bertz CT molecular complexity index is 814. The van der Waals surface area contributed by atoms with Crippen LogP contribution in [-0.4, -0.2) is 12.8 Å². The highest BCUT2D eigenvalue weighted by Crippen LogP contribution is 2.39. The number of carbonyl (C=O) groups excluding carboxylic acids is 1. The van der Waals surface area contributed by atoms with E-state index in [4.69, 9.17) is 14.2 Å². The van der Waals surface area contributed by atoms with Gasteiger partial charge in [-0.25, -0.2) is 0 Å². The monoisotopic (exact) mass is 322 g/mol. The Kier molecular flexibility index (Phi) is 4.41. The number of ether oxygens (including phenoxy) is 3. The smallest absolute Gasteiger partial charge is 0.303 e. The first kappa shape index (κ1) is 15.9. The molecule has 0 saturated heterocycles. The summed E-state index contributed by atoms with van der Waals surface area (Å²) in [7, 11) is 0. The lowest BCUT2D eigenvalue weighted by Gasteiger charge is -2.20. The molecule has 1 unspecified atom stereocenters. The van der Waals surface area contributed by atoms with E-state index in [1.807, 2.05) is 49.4 Å². The summed E-state index contributed by atoms with van der Waals surface area (Å²) in [5, 5.41) is 0. The Hall–Kier alpha value is -2.97. The zero-order chi connectivity index (χ0) is 17.1. The zero-order valence-corrected chi connectivity index (χ0v) is 13.7. The molecule has 122 valence electrons. The van der Waals surface area contributed by atoms with Gasteiger partial charge in [-0.3, -0.25) is 4.79 Å². The number of hydrogen-bond acceptors (Lipinski definition) is 4. The molecule has 0 radical (unpaired) electrons. The number of fused-ring (bicyclic) bond motifs is 1. The van der Waals surface area contributed by atoms with E-state index in [0.29, 0.717) is 17.1 Å². The first-order valence-electron chi connectivity index (χ1n) is 7.62. The van der Waals surface area contributed by atoms with Crippen molar-refractivity contribution in [1.29, 1.82) is 0 Å². The highest BCUT2D eigenvalue weighted by Gasteiger charge is 2.24. The molecule has 1 heterocycles. The van der Waals surface area contributed by atoms with Crippen LogP contribution in [0, 0.1) is 6.92 Å². The van der Waals surface area contributed by atoms with Crippen LogP contribution in [0.4, 0.5) is 0 Å². The molecule has 0 N–H and O–H groups in total. The number of rotatable bonds is 4. The van der Waals surface area contributed by atoms with E-state index in [1.54, 1.807) is 0 Å². The number of carbonyl (C=O) groups is 1. The van der Waals surface area contributed by atoms with Gasteiger partial charge in [0.1, 0.15) is 0 Å². The third-order valence-electron chi connectivity index (χ3n) is 3.80. The van der Waals surface area contributed by atoms with Gasteiger partial charge in [-0.05, 0) is 24.6 Å². The van der Waals surface area contributed by atoms with Crippen LogP contribution < -0.4 is 9.47 Å². The summed E-state index contributed by atoms with van der Waals surface area (Å²) < 4.78 is 16.3. The molecule has 0 aromatic heterocycles. The minimum absolute atomic E-state index is 0.194. The van der Waals surface area contributed by atoms with E-state index in [1.165, 1.54) is 6.92 Å². The minimum Gasteiger partial charge on any atom is -0.454 e. The Morgan fingerprint density at radius 3 is 2.54 bits per heavy atom. The Balaban J connectivity index is 2.03. The van der Waals surface area contributed by atoms with Crippen molar-refractivity contribution in [1.82, 2.24) is 0 Å². The topological polar surface area (TPSA) is 44.8 Å². The van der Waals surface area contributed by atoms with Crippen LogP contribution in [0.5, 0.6) is 11.5 Å². The van der Waals surface area contributed by atoms with Crippen LogP contribution in [0.15, 0.2) is 54.8 Å². The van der Waals surface area contributed by atoms with Crippen molar-refractivity contribution in [3.63, 3.8) is 0 Å². The minimum atomic E-state index is -0.614. The van der Waals surface area contributed by atoms with Gasteiger partial charge in [0, 0.05) is 18.1 Å². The third kappa shape index (κ3) is 3.19. The molecule has 1 atom stereocenters. The second-order valence-electron chi connectivity index (χ2n) is 5.56. The molecule has 0 spiro atoms. The molecule has 3 rings (SSSR count). The molecular formula is C20H18O4. The molecule has 0 amide bonds. The Morgan fingerprint density at radius 1 is 1.17 bits per heavy atom. The largest absolute Gasteiger partial charge is 0.454 e. The first-order valence-corrected chi connectivity index (χ1v) is 7.62. The molecule has 24 heavy (non-hydrogen) atoms. The predicted octanol–water partition coefficient (Wildman–Crippen LogP) is 4.20. The van der Waals surface area contributed by atoms with E-state index in [0.717, 1.165) is 16.7 Å². The fourth-order valence-electron chi connectivity index (χ4n) is 2.62. The van der Waals surface area contributed by atoms with Gasteiger partial charge in [0.15, 0.2) is 17.6 Å². The van der Waals surface area contributed by atoms with Crippen LogP contribution >= 0.6 is 0 Å². The zero-order valence-electron chi connectivity index (χ0n) is 13.7. The Morgan fingerprint density at radius 2 is 1.88 bits per heavy atom. The maximum absolute atomic E-state index is 11.6. The number of benzene rings is 2. The first-order chi connectivity index (χ1) is 11.6. The van der Waals surface area contributed by atoms with Gasteiger partial charge in [-0.1, -0.05) is 42.5 Å². The number of aryl methyl sites for hydroxylation is 1. The Labute approximate surface area is 141 Å². The maximum atomic E-state index is 11.6. The lowest BCUT2D eigenvalue weighted by Crippen LogP contribution is -2.10. The number of hydrogen-bond donors (Lipinski definition) is 0. The summed E-state index contributed by atoms with van der Waals surface area (Å²) in [5.74, 6) is 0.939. The van der Waals surface area contributed by atoms with Crippen molar-refractivity contribution in [3.8, 4) is 11.5 Å². The van der Waals surface area contributed by atoms with Crippen LogP contribution in [-0.2, 0) is 9.53 Å². The molecule has 2 aromatic rings. The van der Waals surface area contributed by atoms with E-state index in [9.17, 15) is 4.79 Å². The van der Waals surface area contributed by atoms with E-state index in [-0.39, 0.29) is 12.8 Å². The van der Waals surface area contributed by atoms with Gasteiger partial charge in [-0.2, -0.15) is 0 Å². The van der Waals surface area contributed by atoms with Gasteiger partial charge < -0.3 is 14.2 Å². The molecule has 0 saturated carbocycles. The SMILES string of the molecule is C=C=C(c1ccc(C)cc1)C(OC(C)=O)c1ccc2c(c1)OCO2. The van der Waals surface area contributed by atoms with Crippen molar-refractivity contribution in [2.24, 2.45) is 0 Å². The summed E-state index contributed by atoms with van der Waals surface area (Å²) in [6.45, 7) is 7.37. The fourth-order valence-corrected chi connectivity index (χ4v) is 2.62. The second-order valence-corrected chi connectivity index (χ2v) is 5.56. The normalized spacial score (nSPS) is 13.1. The quantitative estimate of drug-likeness (QED) is 0.625.